The summed E-state index contributed by atoms with van der Waals surface area (Å²) in [5, 5.41) is 6.99. The van der Waals surface area contributed by atoms with Gasteiger partial charge in [-0.1, -0.05) is 12.1 Å². The molecule has 0 aliphatic carbocycles. The molecule has 1 atom stereocenters. The Hall–Kier alpha value is -2.70. The average Bonchev–Trinajstić information content (AvgIpc) is 3.30. The van der Waals surface area contributed by atoms with E-state index < -0.39 is 0 Å². The summed E-state index contributed by atoms with van der Waals surface area (Å²) in [4.78, 5) is 14.5. The molecule has 0 bridgehead atoms. The zero-order chi connectivity index (χ0) is 17.2. The van der Waals surface area contributed by atoms with Gasteiger partial charge in [0.1, 0.15) is 13.2 Å². The average molecular weight is 343 g/mol. The number of amides is 2. The molecule has 2 aliphatic heterocycles. The van der Waals surface area contributed by atoms with Gasteiger partial charge in [-0.3, -0.25) is 0 Å². The lowest BCUT2D eigenvalue weighted by atomic mass is 10.1. The Morgan fingerprint density at radius 3 is 2.92 bits per heavy atom. The fraction of sp³-hybridized carbons (Fsp3) is 0.444. The number of benzene rings is 1. The van der Waals surface area contributed by atoms with E-state index in [1.54, 1.807) is 11.0 Å². The summed E-state index contributed by atoms with van der Waals surface area (Å²) < 4.78 is 16.5. The third-order valence-electron chi connectivity index (χ3n) is 4.57. The van der Waals surface area contributed by atoms with E-state index in [0.717, 1.165) is 30.7 Å². The lowest BCUT2D eigenvalue weighted by Crippen LogP contribution is -2.34. The van der Waals surface area contributed by atoms with Crippen LogP contribution < -0.4 is 14.8 Å². The van der Waals surface area contributed by atoms with Gasteiger partial charge in [0.25, 0.3) is 0 Å². The highest BCUT2D eigenvalue weighted by atomic mass is 16.6. The summed E-state index contributed by atoms with van der Waals surface area (Å²) in [6.07, 6.45) is 2.65. The number of aromatic nitrogens is 1. The maximum atomic E-state index is 12.7. The van der Waals surface area contributed by atoms with Crippen molar-refractivity contribution in [3.05, 3.63) is 35.7 Å². The van der Waals surface area contributed by atoms with Crippen molar-refractivity contribution in [3.63, 3.8) is 0 Å². The molecule has 25 heavy (non-hydrogen) atoms. The number of fused-ring (bicyclic) bond motifs is 1. The molecule has 1 aromatic carbocycles. The fourth-order valence-electron chi connectivity index (χ4n) is 3.27. The van der Waals surface area contributed by atoms with E-state index in [1.807, 2.05) is 25.1 Å². The van der Waals surface area contributed by atoms with E-state index in [2.05, 4.69) is 10.5 Å². The van der Waals surface area contributed by atoms with Gasteiger partial charge in [-0.15, -0.1) is 0 Å². The predicted octanol–water partition coefficient (Wildman–Crippen LogP) is 3.38. The van der Waals surface area contributed by atoms with Crippen LogP contribution in [0.5, 0.6) is 11.5 Å². The first-order chi connectivity index (χ1) is 12.2. The van der Waals surface area contributed by atoms with E-state index in [4.69, 9.17) is 14.0 Å². The van der Waals surface area contributed by atoms with Crippen LogP contribution in [0.4, 0.5) is 10.5 Å². The van der Waals surface area contributed by atoms with Crippen molar-refractivity contribution in [3.8, 4) is 11.5 Å². The van der Waals surface area contributed by atoms with Gasteiger partial charge in [0.2, 0.25) is 0 Å². The summed E-state index contributed by atoms with van der Waals surface area (Å²) in [5.74, 6) is 2.12. The quantitative estimate of drug-likeness (QED) is 0.924. The number of ether oxygens (including phenoxy) is 2. The van der Waals surface area contributed by atoms with Gasteiger partial charge in [0.05, 0.1) is 11.7 Å². The van der Waals surface area contributed by atoms with Gasteiger partial charge in [0.15, 0.2) is 17.3 Å². The highest BCUT2D eigenvalue weighted by Crippen LogP contribution is 2.35. The molecule has 2 aliphatic rings. The van der Waals surface area contributed by atoms with Gasteiger partial charge in [-0.05, 0) is 31.4 Å². The monoisotopic (exact) mass is 343 g/mol. The largest absolute Gasteiger partial charge is 0.486 e. The first-order valence-corrected chi connectivity index (χ1v) is 8.67. The van der Waals surface area contributed by atoms with Crippen LogP contribution in [0.15, 0.2) is 28.8 Å². The highest BCUT2D eigenvalue weighted by Gasteiger charge is 2.33. The van der Waals surface area contributed by atoms with E-state index in [-0.39, 0.29) is 12.1 Å². The third-order valence-corrected chi connectivity index (χ3v) is 4.57. The number of likely N-dealkylation sites (tertiary alicyclic amines) is 1. The minimum absolute atomic E-state index is 0.0648. The maximum Gasteiger partial charge on any atom is 0.322 e. The molecule has 7 heteroatoms. The van der Waals surface area contributed by atoms with Crippen LogP contribution in [0.1, 0.15) is 37.3 Å². The second-order valence-electron chi connectivity index (χ2n) is 6.21. The number of hydrogen-bond acceptors (Lipinski definition) is 5. The van der Waals surface area contributed by atoms with Crippen molar-refractivity contribution < 1.29 is 18.8 Å². The van der Waals surface area contributed by atoms with Crippen LogP contribution in [0.2, 0.25) is 0 Å². The van der Waals surface area contributed by atoms with Crippen LogP contribution in [-0.2, 0) is 6.42 Å². The second kappa shape index (κ2) is 6.66. The highest BCUT2D eigenvalue weighted by molar-refractivity contribution is 5.90. The first kappa shape index (κ1) is 15.8. The van der Waals surface area contributed by atoms with E-state index in [0.29, 0.717) is 36.9 Å². The van der Waals surface area contributed by atoms with Crippen LogP contribution in [0.3, 0.4) is 0 Å². The Morgan fingerprint density at radius 2 is 2.12 bits per heavy atom. The van der Waals surface area contributed by atoms with Crippen molar-refractivity contribution in [2.75, 3.05) is 25.1 Å². The fourth-order valence-corrected chi connectivity index (χ4v) is 3.27. The number of carbonyl (C=O) groups is 1. The molecule has 1 N–H and O–H groups in total. The summed E-state index contributed by atoms with van der Waals surface area (Å²) >= 11 is 0. The Labute approximate surface area is 145 Å². The van der Waals surface area contributed by atoms with E-state index in [1.165, 1.54) is 0 Å². The number of hydrogen-bond donors (Lipinski definition) is 1. The third kappa shape index (κ3) is 3.14. The predicted molar refractivity (Wildman–Crippen MR) is 91.0 cm³/mol. The van der Waals surface area contributed by atoms with Crippen LogP contribution >= 0.6 is 0 Å². The molecule has 1 fully saturated rings. The Kier molecular flexibility index (Phi) is 4.21. The molecule has 1 unspecified atom stereocenters. The van der Waals surface area contributed by atoms with Gasteiger partial charge < -0.3 is 24.2 Å². The molecule has 7 nitrogen and oxygen atoms in total. The SMILES string of the molecule is CCc1cc(C2CCCN2C(=O)Nc2ccc3c(c2)OCCO3)on1. The lowest BCUT2D eigenvalue weighted by molar-refractivity contribution is 0.171. The maximum absolute atomic E-state index is 12.7. The van der Waals surface area contributed by atoms with Gasteiger partial charge in [-0.2, -0.15) is 0 Å². The van der Waals surface area contributed by atoms with Crippen molar-refractivity contribution in [2.45, 2.75) is 32.2 Å². The summed E-state index contributed by atoms with van der Waals surface area (Å²) in [5.41, 5.74) is 1.60. The van der Waals surface area contributed by atoms with Crippen LogP contribution in [0, 0.1) is 0 Å². The normalized spacial score (nSPS) is 19.1. The van der Waals surface area contributed by atoms with Crippen molar-refractivity contribution in [2.24, 2.45) is 0 Å². The first-order valence-electron chi connectivity index (χ1n) is 8.67. The second-order valence-corrected chi connectivity index (χ2v) is 6.21. The Balaban J connectivity index is 1.48. The molecular weight excluding hydrogens is 322 g/mol. The van der Waals surface area contributed by atoms with Crippen molar-refractivity contribution in [1.29, 1.82) is 0 Å². The molecule has 0 spiro atoms. The molecule has 2 aromatic rings. The molecule has 0 saturated carbocycles. The lowest BCUT2D eigenvalue weighted by Gasteiger charge is -2.24. The number of anilines is 1. The zero-order valence-electron chi connectivity index (χ0n) is 14.2. The number of nitrogens with one attached hydrogen (secondary N) is 1. The molecule has 1 saturated heterocycles. The summed E-state index contributed by atoms with van der Waals surface area (Å²) in [6, 6.07) is 7.16. The molecule has 2 amide bonds. The number of nitrogens with zero attached hydrogens (tertiary/aromatic N) is 2. The minimum Gasteiger partial charge on any atom is -0.486 e. The molecule has 0 radical (unpaired) electrons. The van der Waals surface area contributed by atoms with Gasteiger partial charge >= 0.3 is 6.03 Å². The molecule has 1 aromatic heterocycles. The smallest absolute Gasteiger partial charge is 0.322 e. The zero-order valence-corrected chi connectivity index (χ0v) is 14.2. The van der Waals surface area contributed by atoms with Gasteiger partial charge in [-0.25, -0.2) is 4.79 Å². The number of urea groups is 1. The molecular formula is C18H21N3O4. The van der Waals surface area contributed by atoms with E-state index in [9.17, 15) is 4.79 Å². The summed E-state index contributed by atoms with van der Waals surface area (Å²) in [7, 11) is 0. The summed E-state index contributed by atoms with van der Waals surface area (Å²) in [6.45, 7) is 3.79. The number of carbonyl (C=O) groups excluding carboxylic acids is 1. The Bertz CT molecular complexity index is 773. The standard InChI is InChI=1S/C18H21N3O4/c1-2-12-10-16(25-20-12)14-4-3-7-21(14)18(22)19-13-5-6-15-17(11-13)24-9-8-23-15/h5-6,10-11,14H,2-4,7-9H2,1H3,(H,19,22). The molecule has 132 valence electrons. The van der Waals surface area contributed by atoms with E-state index >= 15 is 0 Å². The number of aryl methyl sites for hydroxylation is 1. The van der Waals surface area contributed by atoms with Crippen LogP contribution in [-0.4, -0.2) is 35.8 Å². The van der Waals surface area contributed by atoms with Gasteiger partial charge in [0, 0.05) is 24.4 Å². The topological polar surface area (TPSA) is 76.8 Å². The van der Waals surface area contributed by atoms with Crippen molar-refractivity contribution in [1.82, 2.24) is 10.1 Å². The number of rotatable bonds is 3. The Morgan fingerprint density at radius 1 is 1.28 bits per heavy atom. The minimum atomic E-state index is -0.145. The van der Waals surface area contributed by atoms with Crippen LogP contribution in [0.25, 0.3) is 0 Å². The molecule has 3 heterocycles. The van der Waals surface area contributed by atoms with Crippen molar-refractivity contribution >= 4 is 11.7 Å². The molecule has 4 rings (SSSR count).